The Balaban J connectivity index is 2.16. The van der Waals surface area contributed by atoms with Crippen LogP contribution in [-0.2, 0) is 19.1 Å². The first kappa shape index (κ1) is 17.0. The Bertz CT molecular complexity index is 630. The van der Waals surface area contributed by atoms with Crippen LogP contribution in [0.5, 0.6) is 0 Å². The van der Waals surface area contributed by atoms with Gasteiger partial charge in [0.15, 0.2) is 0 Å². The fraction of sp³-hybridized carbons (Fsp3) is 0.368. The minimum atomic E-state index is -0.765. The van der Waals surface area contributed by atoms with E-state index in [1.54, 1.807) is 6.92 Å². The zero-order chi connectivity index (χ0) is 16.9. The van der Waals surface area contributed by atoms with E-state index in [4.69, 9.17) is 9.47 Å². The third-order valence-corrected chi connectivity index (χ3v) is 3.69. The highest BCUT2D eigenvalue weighted by Gasteiger charge is 2.34. The average molecular weight is 314 g/mol. The minimum Gasteiger partial charge on any atom is -0.463 e. The molecule has 1 aromatic rings. The van der Waals surface area contributed by atoms with Crippen molar-refractivity contribution in [2.75, 3.05) is 0 Å². The molecule has 0 aromatic heterocycles. The summed E-state index contributed by atoms with van der Waals surface area (Å²) in [6.07, 6.45) is 6.57. The molecule has 1 aliphatic carbocycles. The number of hydrogen-bond donors (Lipinski definition) is 0. The first-order chi connectivity index (χ1) is 10.9. The van der Waals surface area contributed by atoms with Gasteiger partial charge in [0.2, 0.25) is 0 Å². The Morgan fingerprint density at radius 2 is 1.87 bits per heavy atom. The van der Waals surface area contributed by atoms with Crippen molar-refractivity contribution in [3.63, 3.8) is 0 Å². The number of ether oxygens (including phenoxy) is 2. The van der Waals surface area contributed by atoms with Gasteiger partial charge < -0.3 is 9.47 Å². The zero-order valence-electron chi connectivity index (χ0n) is 13.7. The summed E-state index contributed by atoms with van der Waals surface area (Å²) in [7, 11) is 0. The Morgan fingerprint density at radius 3 is 2.39 bits per heavy atom. The molecule has 122 valence electrons. The van der Waals surface area contributed by atoms with E-state index in [-0.39, 0.29) is 18.0 Å². The zero-order valence-corrected chi connectivity index (χ0v) is 13.7. The van der Waals surface area contributed by atoms with Gasteiger partial charge in [-0.1, -0.05) is 42.5 Å². The summed E-state index contributed by atoms with van der Waals surface area (Å²) >= 11 is 0. The molecule has 23 heavy (non-hydrogen) atoms. The van der Waals surface area contributed by atoms with Crippen LogP contribution >= 0.6 is 0 Å². The third-order valence-electron chi connectivity index (χ3n) is 3.69. The standard InChI is InChI=1S/C19H22O4/c1-14(22-15(2)20)13-19(23-16(3)21)11-9-18(10-12-19)17-7-5-4-6-8-17/h4-11,14H,12-13H2,1-3H3. The molecule has 2 rings (SSSR count). The van der Waals surface area contributed by atoms with Crippen LogP contribution in [0.15, 0.2) is 48.6 Å². The fourth-order valence-electron chi connectivity index (χ4n) is 2.87. The van der Waals surface area contributed by atoms with Crippen LogP contribution < -0.4 is 0 Å². The van der Waals surface area contributed by atoms with Crippen molar-refractivity contribution in [2.24, 2.45) is 0 Å². The number of allylic oxidation sites excluding steroid dienone is 2. The summed E-state index contributed by atoms with van der Waals surface area (Å²) in [4.78, 5) is 22.6. The summed E-state index contributed by atoms with van der Waals surface area (Å²) in [5.41, 5.74) is 1.45. The van der Waals surface area contributed by atoms with Crippen molar-refractivity contribution < 1.29 is 19.1 Å². The highest BCUT2D eigenvalue weighted by molar-refractivity contribution is 5.76. The van der Waals surface area contributed by atoms with Crippen molar-refractivity contribution in [2.45, 2.75) is 45.3 Å². The van der Waals surface area contributed by atoms with Crippen LogP contribution in [0.1, 0.15) is 39.2 Å². The molecular formula is C19H22O4. The monoisotopic (exact) mass is 314 g/mol. The summed E-state index contributed by atoms with van der Waals surface area (Å²) in [5.74, 6) is -0.683. The van der Waals surface area contributed by atoms with E-state index in [1.807, 2.05) is 42.5 Å². The molecule has 0 heterocycles. The molecule has 0 aliphatic heterocycles. The molecule has 0 saturated carbocycles. The second-order valence-corrected chi connectivity index (χ2v) is 5.85. The lowest BCUT2D eigenvalue weighted by molar-refractivity contribution is -0.157. The number of hydrogen-bond acceptors (Lipinski definition) is 4. The summed E-state index contributed by atoms with van der Waals surface area (Å²) < 4.78 is 10.7. The van der Waals surface area contributed by atoms with Gasteiger partial charge in [-0.25, -0.2) is 0 Å². The molecule has 0 bridgehead atoms. The highest BCUT2D eigenvalue weighted by atomic mass is 16.6. The van der Waals surface area contributed by atoms with Crippen LogP contribution in [-0.4, -0.2) is 23.6 Å². The predicted molar refractivity (Wildman–Crippen MR) is 88.5 cm³/mol. The van der Waals surface area contributed by atoms with Gasteiger partial charge in [0.05, 0.1) is 0 Å². The molecule has 0 N–H and O–H groups in total. The fourth-order valence-corrected chi connectivity index (χ4v) is 2.87. The molecule has 0 spiro atoms. The van der Waals surface area contributed by atoms with E-state index < -0.39 is 5.60 Å². The van der Waals surface area contributed by atoms with Crippen molar-refractivity contribution in [3.05, 3.63) is 54.1 Å². The van der Waals surface area contributed by atoms with E-state index in [0.29, 0.717) is 12.8 Å². The number of esters is 2. The lowest BCUT2D eigenvalue weighted by Crippen LogP contribution is -2.37. The average Bonchev–Trinajstić information content (AvgIpc) is 2.47. The topological polar surface area (TPSA) is 52.6 Å². The summed E-state index contributed by atoms with van der Waals surface area (Å²) in [6, 6.07) is 10.0. The Labute approximate surface area is 136 Å². The summed E-state index contributed by atoms with van der Waals surface area (Å²) in [6.45, 7) is 4.57. The van der Waals surface area contributed by atoms with E-state index >= 15 is 0 Å². The molecular weight excluding hydrogens is 292 g/mol. The molecule has 2 atom stereocenters. The maximum atomic E-state index is 11.5. The van der Waals surface area contributed by atoms with Crippen LogP contribution in [0, 0.1) is 0 Å². The van der Waals surface area contributed by atoms with Crippen molar-refractivity contribution in [1.82, 2.24) is 0 Å². The molecule has 0 fully saturated rings. The van der Waals surface area contributed by atoms with Crippen molar-refractivity contribution in [1.29, 1.82) is 0 Å². The third kappa shape index (κ3) is 4.81. The molecule has 2 unspecified atom stereocenters. The van der Waals surface area contributed by atoms with Crippen LogP contribution in [0.3, 0.4) is 0 Å². The largest absolute Gasteiger partial charge is 0.463 e. The molecule has 0 saturated heterocycles. The Hall–Kier alpha value is -2.36. The number of carbonyl (C=O) groups excluding carboxylic acids is 2. The molecule has 1 aromatic carbocycles. The van der Waals surface area contributed by atoms with E-state index in [2.05, 4.69) is 6.08 Å². The first-order valence-electron chi connectivity index (χ1n) is 7.72. The second kappa shape index (κ2) is 7.27. The predicted octanol–water partition coefficient (Wildman–Crippen LogP) is 3.67. The number of carbonyl (C=O) groups is 2. The van der Waals surface area contributed by atoms with E-state index in [9.17, 15) is 9.59 Å². The van der Waals surface area contributed by atoms with Crippen molar-refractivity contribution >= 4 is 17.5 Å². The van der Waals surface area contributed by atoms with E-state index in [0.717, 1.165) is 11.1 Å². The van der Waals surface area contributed by atoms with Crippen LogP contribution in [0.25, 0.3) is 5.57 Å². The van der Waals surface area contributed by atoms with Gasteiger partial charge in [-0.15, -0.1) is 0 Å². The molecule has 4 nitrogen and oxygen atoms in total. The normalized spacial score (nSPS) is 21.3. The maximum Gasteiger partial charge on any atom is 0.303 e. The molecule has 1 aliphatic rings. The quantitative estimate of drug-likeness (QED) is 0.778. The first-order valence-corrected chi connectivity index (χ1v) is 7.72. The smallest absolute Gasteiger partial charge is 0.303 e. The Morgan fingerprint density at radius 1 is 1.17 bits per heavy atom. The minimum absolute atomic E-state index is 0.330. The summed E-state index contributed by atoms with van der Waals surface area (Å²) in [5, 5.41) is 0. The highest BCUT2D eigenvalue weighted by Crippen LogP contribution is 2.33. The maximum absolute atomic E-state index is 11.5. The lowest BCUT2D eigenvalue weighted by atomic mass is 9.85. The van der Waals surface area contributed by atoms with Crippen LogP contribution in [0.2, 0.25) is 0 Å². The van der Waals surface area contributed by atoms with Crippen molar-refractivity contribution in [3.8, 4) is 0 Å². The van der Waals surface area contributed by atoms with Gasteiger partial charge >= 0.3 is 11.9 Å². The lowest BCUT2D eigenvalue weighted by Gasteiger charge is -2.33. The van der Waals surface area contributed by atoms with Gasteiger partial charge in [-0.2, -0.15) is 0 Å². The van der Waals surface area contributed by atoms with Crippen LogP contribution in [0.4, 0.5) is 0 Å². The van der Waals surface area contributed by atoms with Gasteiger partial charge in [0.1, 0.15) is 11.7 Å². The Kier molecular flexibility index (Phi) is 5.37. The molecule has 0 radical (unpaired) electrons. The van der Waals surface area contributed by atoms with E-state index in [1.165, 1.54) is 13.8 Å². The van der Waals surface area contributed by atoms with Gasteiger partial charge in [-0.3, -0.25) is 9.59 Å². The van der Waals surface area contributed by atoms with Gasteiger partial charge in [0, 0.05) is 26.7 Å². The molecule has 0 amide bonds. The molecule has 4 heteroatoms. The second-order valence-electron chi connectivity index (χ2n) is 5.85. The SMILES string of the molecule is CC(=O)OC(C)CC1(OC(C)=O)C=CC(c2ccccc2)=CC1. The number of benzene rings is 1. The number of rotatable bonds is 5. The van der Waals surface area contributed by atoms with Gasteiger partial charge in [0.25, 0.3) is 0 Å². The van der Waals surface area contributed by atoms with Gasteiger partial charge in [-0.05, 0) is 24.1 Å².